The monoisotopic (exact) mass is 369 g/mol. The van der Waals surface area contributed by atoms with Gasteiger partial charge in [-0.2, -0.15) is 0 Å². The standard InChI is InChI=1S/C19H20ClN5O/c1-11-6-7-12(20)8-15(11)16(9-22-2)25-19-14-5-3-4-13(18(21)26)17(14)23-10-24-19/h3-8,10,16,22H,9H2,1-2H3,(H2,21,26)(H,23,24,25). The minimum absolute atomic E-state index is 0.0611. The van der Waals surface area contributed by atoms with Crippen molar-refractivity contribution in [2.45, 2.75) is 13.0 Å². The summed E-state index contributed by atoms with van der Waals surface area (Å²) in [4.78, 5) is 20.3. The van der Waals surface area contributed by atoms with Crippen LogP contribution in [0.2, 0.25) is 5.02 Å². The Hall–Kier alpha value is -2.70. The van der Waals surface area contributed by atoms with Crippen molar-refractivity contribution >= 4 is 34.2 Å². The molecule has 2 aromatic carbocycles. The first-order valence-corrected chi connectivity index (χ1v) is 8.59. The fourth-order valence-electron chi connectivity index (χ4n) is 3.00. The van der Waals surface area contributed by atoms with Gasteiger partial charge in [-0.25, -0.2) is 9.97 Å². The molecule has 3 rings (SSSR count). The Kier molecular flexibility index (Phi) is 5.35. The second kappa shape index (κ2) is 7.68. The zero-order valence-corrected chi connectivity index (χ0v) is 15.3. The Labute approximate surface area is 156 Å². The number of anilines is 1. The molecule has 0 saturated heterocycles. The summed E-state index contributed by atoms with van der Waals surface area (Å²) in [6.45, 7) is 2.71. The molecule has 0 aliphatic rings. The average Bonchev–Trinajstić information content (AvgIpc) is 2.63. The largest absolute Gasteiger partial charge is 0.366 e. The third-order valence-corrected chi connectivity index (χ3v) is 4.50. The first-order chi connectivity index (χ1) is 12.5. The number of aryl methyl sites for hydroxylation is 1. The van der Waals surface area contributed by atoms with Crippen LogP contribution in [0.1, 0.15) is 27.5 Å². The number of carbonyl (C=O) groups excluding carboxylic acids is 1. The molecule has 0 radical (unpaired) electrons. The van der Waals surface area contributed by atoms with E-state index in [0.29, 0.717) is 28.5 Å². The van der Waals surface area contributed by atoms with Gasteiger partial charge in [0, 0.05) is 17.0 Å². The summed E-state index contributed by atoms with van der Waals surface area (Å²) in [5.74, 6) is 0.121. The number of hydrogen-bond acceptors (Lipinski definition) is 5. The highest BCUT2D eigenvalue weighted by molar-refractivity contribution is 6.30. The van der Waals surface area contributed by atoms with E-state index in [4.69, 9.17) is 17.3 Å². The molecule has 3 aromatic rings. The first kappa shape index (κ1) is 18.1. The summed E-state index contributed by atoms with van der Waals surface area (Å²) in [6.07, 6.45) is 1.43. The first-order valence-electron chi connectivity index (χ1n) is 8.22. The van der Waals surface area contributed by atoms with Crippen LogP contribution in [0.15, 0.2) is 42.7 Å². The van der Waals surface area contributed by atoms with Crippen LogP contribution in [-0.4, -0.2) is 29.5 Å². The molecule has 134 valence electrons. The quantitative estimate of drug-likeness (QED) is 0.621. The Bertz CT molecular complexity index is 960. The van der Waals surface area contributed by atoms with E-state index in [-0.39, 0.29) is 6.04 Å². The van der Waals surface area contributed by atoms with Crippen LogP contribution in [-0.2, 0) is 0 Å². The van der Waals surface area contributed by atoms with Gasteiger partial charge in [0.25, 0.3) is 5.91 Å². The van der Waals surface area contributed by atoms with Gasteiger partial charge in [0.2, 0.25) is 0 Å². The predicted octanol–water partition coefficient (Wildman–Crippen LogP) is 3.06. The van der Waals surface area contributed by atoms with E-state index in [0.717, 1.165) is 16.5 Å². The van der Waals surface area contributed by atoms with Crippen LogP contribution in [0, 0.1) is 6.92 Å². The number of nitrogens with two attached hydrogens (primary N) is 1. The number of benzene rings is 2. The zero-order valence-electron chi connectivity index (χ0n) is 14.6. The van der Waals surface area contributed by atoms with Crippen LogP contribution in [0.25, 0.3) is 10.9 Å². The van der Waals surface area contributed by atoms with Crippen LogP contribution in [0.4, 0.5) is 5.82 Å². The lowest BCUT2D eigenvalue weighted by Crippen LogP contribution is -2.25. The minimum Gasteiger partial charge on any atom is -0.366 e. The van der Waals surface area contributed by atoms with Gasteiger partial charge in [-0.3, -0.25) is 4.79 Å². The maximum atomic E-state index is 11.7. The maximum absolute atomic E-state index is 11.7. The lowest BCUT2D eigenvalue weighted by atomic mass is 10.0. The number of para-hydroxylation sites is 1. The number of hydrogen-bond donors (Lipinski definition) is 3. The lowest BCUT2D eigenvalue weighted by molar-refractivity contribution is 0.100. The minimum atomic E-state index is -0.516. The fourth-order valence-corrected chi connectivity index (χ4v) is 3.18. The van der Waals surface area contributed by atoms with Crippen molar-refractivity contribution in [3.63, 3.8) is 0 Å². The summed E-state index contributed by atoms with van der Waals surface area (Å²) in [5, 5.41) is 8.06. The Morgan fingerprint density at radius 2 is 2.08 bits per heavy atom. The molecule has 4 N–H and O–H groups in total. The molecular weight excluding hydrogens is 350 g/mol. The van der Waals surface area contributed by atoms with Crippen LogP contribution in [0.3, 0.4) is 0 Å². The normalized spacial score (nSPS) is 12.1. The van der Waals surface area contributed by atoms with E-state index in [1.807, 2.05) is 38.2 Å². The maximum Gasteiger partial charge on any atom is 0.250 e. The molecule has 0 fully saturated rings. The highest BCUT2D eigenvalue weighted by Gasteiger charge is 2.17. The number of rotatable bonds is 6. The van der Waals surface area contributed by atoms with Crippen molar-refractivity contribution in [1.29, 1.82) is 0 Å². The molecule has 0 aliphatic carbocycles. The SMILES string of the molecule is CNCC(Nc1ncnc2c(C(N)=O)cccc12)c1cc(Cl)ccc1C. The van der Waals surface area contributed by atoms with Crippen molar-refractivity contribution in [2.75, 3.05) is 18.9 Å². The number of primary amides is 1. The highest BCUT2D eigenvalue weighted by Crippen LogP contribution is 2.28. The second-order valence-corrected chi connectivity index (χ2v) is 6.48. The Morgan fingerprint density at radius 3 is 2.81 bits per heavy atom. The number of amides is 1. The summed E-state index contributed by atoms with van der Waals surface area (Å²) < 4.78 is 0. The van der Waals surface area contributed by atoms with Gasteiger partial charge >= 0.3 is 0 Å². The summed E-state index contributed by atoms with van der Waals surface area (Å²) in [6, 6.07) is 11.0. The molecule has 26 heavy (non-hydrogen) atoms. The number of nitrogens with zero attached hydrogens (tertiary/aromatic N) is 2. The van der Waals surface area contributed by atoms with Gasteiger partial charge in [-0.15, -0.1) is 0 Å². The van der Waals surface area contributed by atoms with Crippen LogP contribution < -0.4 is 16.4 Å². The van der Waals surface area contributed by atoms with Crippen molar-refractivity contribution in [1.82, 2.24) is 15.3 Å². The molecule has 0 spiro atoms. The molecule has 6 nitrogen and oxygen atoms in total. The molecule has 0 aliphatic heterocycles. The zero-order chi connectivity index (χ0) is 18.7. The molecular formula is C19H20ClN5O. The van der Waals surface area contributed by atoms with Gasteiger partial charge in [0.05, 0.1) is 17.1 Å². The number of carbonyl (C=O) groups is 1. The molecule has 1 atom stereocenters. The number of fused-ring (bicyclic) bond motifs is 1. The van der Waals surface area contributed by atoms with Gasteiger partial charge in [-0.05, 0) is 49.4 Å². The van der Waals surface area contributed by atoms with Crippen LogP contribution >= 0.6 is 11.6 Å². The third kappa shape index (κ3) is 3.61. The Balaban J connectivity index is 2.06. The van der Waals surface area contributed by atoms with Gasteiger partial charge in [0.1, 0.15) is 12.1 Å². The van der Waals surface area contributed by atoms with Crippen LogP contribution in [0.5, 0.6) is 0 Å². The lowest BCUT2D eigenvalue weighted by Gasteiger charge is -2.22. The smallest absolute Gasteiger partial charge is 0.250 e. The molecule has 1 amide bonds. The van der Waals surface area contributed by atoms with E-state index >= 15 is 0 Å². The van der Waals surface area contributed by atoms with Gasteiger partial charge in [-0.1, -0.05) is 23.7 Å². The predicted molar refractivity (Wildman–Crippen MR) is 105 cm³/mol. The van der Waals surface area contributed by atoms with Gasteiger partial charge < -0.3 is 16.4 Å². The summed E-state index contributed by atoms with van der Waals surface area (Å²) in [7, 11) is 1.89. The number of aromatic nitrogens is 2. The average molecular weight is 370 g/mol. The van der Waals surface area contributed by atoms with E-state index in [2.05, 4.69) is 20.6 Å². The van der Waals surface area contributed by atoms with E-state index in [1.54, 1.807) is 12.1 Å². The van der Waals surface area contributed by atoms with E-state index in [1.165, 1.54) is 6.33 Å². The number of nitrogens with one attached hydrogen (secondary N) is 2. The van der Waals surface area contributed by atoms with Gasteiger partial charge in [0.15, 0.2) is 0 Å². The van der Waals surface area contributed by atoms with E-state index in [9.17, 15) is 4.79 Å². The molecule has 7 heteroatoms. The van der Waals surface area contributed by atoms with Crippen molar-refractivity contribution in [3.05, 3.63) is 64.4 Å². The molecule has 0 saturated carbocycles. The molecule has 1 unspecified atom stereocenters. The van der Waals surface area contributed by atoms with Crippen molar-refractivity contribution < 1.29 is 4.79 Å². The number of likely N-dealkylation sites (N-methyl/N-ethyl adjacent to an activating group) is 1. The third-order valence-electron chi connectivity index (χ3n) is 4.27. The molecule has 1 heterocycles. The highest BCUT2D eigenvalue weighted by atomic mass is 35.5. The van der Waals surface area contributed by atoms with Crippen molar-refractivity contribution in [2.24, 2.45) is 5.73 Å². The fraction of sp³-hybridized carbons (Fsp3) is 0.211. The second-order valence-electron chi connectivity index (χ2n) is 6.04. The summed E-state index contributed by atoms with van der Waals surface area (Å²) >= 11 is 6.19. The van der Waals surface area contributed by atoms with E-state index < -0.39 is 5.91 Å². The Morgan fingerprint density at radius 1 is 1.27 bits per heavy atom. The van der Waals surface area contributed by atoms with Crippen molar-refractivity contribution in [3.8, 4) is 0 Å². The topological polar surface area (TPSA) is 92.9 Å². The molecule has 0 bridgehead atoms. The molecule has 1 aromatic heterocycles. The summed E-state index contributed by atoms with van der Waals surface area (Å²) in [5.41, 5.74) is 8.56. The number of halogens is 1.